The zero-order chi connectivity index (χ0) is 13.1. The van der Waals surface area contributed by atoms with Gasteiger partial charge < -0.3 is 5.32 Å². The first kappa shape index (κ1) is 15.2. The van der Waals surface area contributed by atoms with Crippen molar-refractivity contribution in [2.24, 2.45) is 5.92 Å². The quantitative estimate of drug-likeness (QED) is 0.840. The van der Waals surface area contributed by atoms with E-state index in [1.165, 1.54) is 25.7 Å². The number of rotatable bonds is 4. The molecule has 3 heteroatoms. The minimum atomic E-state index is -0.741. The van der Waals surface area contributed by atoms with Crippen LogP contribution >= 0.6 is 0 Å². The Labute approximate surface area is 109 Å². The van der Waals surface area contributed by atoms with Crippen LogP contribution in [0, 0.1) is 5.92 Å². The molecule has 1 N–H and O–H groups in total. The summed E-state index contributed by atoms with van der Waals surface area (Å²) in [7, 11) is 1.27. The van der Waals surface area contributed by atoms with Crippen molar-refractivity contribution in [2.75, 3.05) is 7.05 Å². The third-order valence-electron chi connectivity index (χ3n) is 3.85. The Morgan fingerprint density at radius 1 is 1.29 bits per heavy atom. The molecular weight excluding hydrogens is 230 g/mol. The highest BCUT2D eigenvalue weighted by molar-refractivity contribution is 7.87. The van der Waals surface area contributed by atoms with Crippen molar-refractivity contribution >= 4 is 10.8 Å². The molecule has 102 valence electrons. The maximum absolute atomic E-state index is 12.6. The van der Waals surface area contributed by atoms with Gasteiger partial charge in [0.05, 0.1) is 5.25 Å². The fourth-order valence-corrected chi connectivity index (χ4v) is 4.83. The minimum absolute atomic E-state index is 0.0894. The summed E-state index contributed by atoms with van der Waals surface area (Å²) in [5.74, 6) is 0.792. The molecule has 0 aromatic rings. The van der Waals surface area contributed by atoms with E-state index < -0.39 is 10.8 Å². The van der Waals surface area contributed by atoms with Gasteiger partial charge in [-0.1, -0.05) is 19.8 Å². The predicted octanol–water partition coefficient (Wildman–Crippen LogP) is 3.09. The molecule has 0 spiro atoms. The first-order chi connectivity index (χ1) is 7.90. The predicted molar refractivity (Wildman–Crippen MR) is 76.8 cm³/mol. The first-order valence-electron chi connectivity index (χ1n) is 6.98. The average Bonchev–Trinajstić information content (AvgIpc) is 2.27. The highest BCUT2D eigenvalue weighted by Gasteiger charge is 2.37. The van der Waals surface area contributed by atoms with Gasteiger partial charge in [0.2, 0.25) is 0 Å². The molecule has 0 aliphatic heterocycles. The van der Waals surface area contributed by atoms with Gasteiger partial charge in [0, 0.05) is 21.6 Å². The molecule has 4 atom stereocenters. The van der Waals surface area contributed by atoms with E-state index in [1.807, 2.05) is 7.05 Å². The van der Waals surface area contributed by atoms with Gasteiger partial charge in [-0.2, -0.15) is 0 Å². The smallest absolute Gasteiger partial charge is 0.0509 e. The van der Waals surface area contributed by atoms with Crippen molar-refractivity contribution < 1.29 is 4.21 Å². The summed E-state index contributed by atoms with van der Waals surface area (Å²) in [6.45, 7) is 8.54. The maximum Gasteiger partial charge on any atom is 0.0509 e. The SMILES string of the molecule is CCCC1CCC(NC)C(S(=O)C(C)(C)C)C1. The van der Waals surface area contributed by atoms with Gasteiger partial charge in [-0.15, -0.1) is 0 Å². The van der Waals surface area contributed by atoms with E-state index in [2.05, 4.69) is 33.0 Å². The van der Waals surface area contributed by atoms with E-state index in [4.69, 9.17) is 0 Å². The molecule has 0 aromatic heterocycles. The lowest BCUT2D eigenvalue weighted by Crippen LogP contribution is -2.48. The largest absolute Gasteiger partial charge is 0.316 e. The summed E-state index contributed by atoms with van der Waals surface area (Å²) < 4.78 is 12.5. The summed E-state index contributed by atoms with van der Waals surface area (Å²) in [6, 6.07) is 0.447. The van der Waals surface area contributed by atoms with Crippen LogP contribution in [0.25, 0.3) is 0 Å². The highest BCUT2D eigenvalue weighted by Crippen LogP contribution is 2.33. The Morgan fingerprint density at radius 2 is 1.94 bits per heavy atom. The van der Waals surface area contributed by atoms with E-state index >= 15 is 0 Å². The molecule has 1 rings (SSSR count). The lowest BCUT2D eigenvalue weighted by atomic mass is 9.83. The van der Waals surface area contributed by atoms with Crippen LogP contribution in [0.15, 0.2) is 0 Å². The zero-order valence-electron chi connectivity index (χ0n) is 12.1. The van der Waals surface area contributed by atoms with Crippen molar-refractivity contribution in [1.29, 1.82) is 0 Å². The summed E-state index contributed by atoms with van der Waals surface area (Å²) >= 11 is 0. The van der Waals surface area contributed by atoms with E-state index in [0.29, 0.717) is 11.3 Å². The number of nitrogens with one attached hydrogen (secondary N) is 1. The lowest BCUT2D eigenvalue weighted by molar-refractivity contribution is 0.291. The van der Waals surface area contributed by atoms with Gasteiger partial charge in [0.15, 0.2) is 0 Å². The normalized spacial score (nSPS) is 32.4. The Bertz CT molecular complexity index is 259. The van der Waals surface area contributed by atoms with E-state index in [1.54, 1.807) is 0 Å². The number of hydrogen-bond acceptors (Lipinski definition) is 2. The van der Waals surface area contributed by atoms with Crippen molar-refractivity contribution in [3.05, 3.63) is 0 Å². The molecule has 0 bridgehead atoms. The second-order valence-electron chi connectivity index (χ2n) is 6.31. The van der Waals surface area contributed by atoms with Gasteiger partial charge in [-0.25, -0.2) is 0 Å². The van der Waals surface area contributed by atoms with Crippen molar-refractivity contribution in [3.63, 3.8) is 0 Å². The molecule has 1 fully saturated rings. The fourth-order valence-electron chi connectivity index (χ4n) is 2.90. The second-order valence-corrected chi connectivity index (χ2v) is 8.74. The second kappa shape index (κ2) is 6.33. The molecule has 0 aromatic carbocycles. The van der Waals surface area contributed by atoms with Crippen molar-refractivity contribution in [2.45, 2.75) is 75.8 Å². The highest BCUT2D eigenvalue weighted by atomic mass is 32.2. The fraction of sp³-hybridized carbons (Fsp3) is 1.00. The van der Waals surface area contributed by atoms with Crippen LogP contribution in [0.1, 0.15) is 59.8 Å². The summed E-state index contributed by atoms with van der Waals surface area (Å²) in [5.41, 5.74) is 0. The summed E-state index contributed by atoms with van der Waals surface area (Å²) in [6.07, 6.45) is 6.19. The van der Waals surface area contributed by atoms with E-state index in [0.717, 1.165) is 12.3 Å². The van der Waals surface area contributed by atoms with Gasteiger partial charge in [-0.05, 0) is 53.0 Å². The molecule has 0 saturated heterocycles. The molecule has 0 heterocycles. The minimum Gasteiger partial charge on any atom is -0.316 e. The van der Waals surface area contributed by atoms with Crippen LogP contribution in [0.3, 0.4) is 0 Å². The van der Waals surface area contributed by atoms with Gasteiger partial charge in [0.25, 0.3) is 0 Å². The average molecular weight is 259 g/mol. The standard InChI is InChI=1S/C14H29NOS/c1-6-7-11-8-9-12(15-5)13(10-11)17(16)14(2,3)4/h11-13,15H,6-10H2,1-5H3. The summed E-state index contributed by atoms with van der Waals surface area (Å²) in [5, 5.41) is 3.71. The molecule has 1 aliphatic rings. The summed E-state index contributed by atoms with van der Waals surface area (Å²) in [4.78, 5) is 0. The Balaban J connectivity index is 2.73. The van der Waals surface area contributed by atoms with Crippen molar-refractivity contribution in [1.82, 2.24) is 5.32 Å². The molecule has 4 unspecified atom stereocenters. The monoisotopic (exact) mass is 259 g/mol. The Morgan fingerprint density at radius 3 is 2.41 bits per heavy atom. The van der Waals surface area contributed by atoms with E-state index in [9.17, 15) is 4.21 Å². The van der Waals surface area contributed by atoms with Gasteiger partial charge in [-0.3, -0.25) is 4.21 Å². The van der Waals surface area contributed by atoms with Crippen LogP contribution in [0.4, 0.5) is 0 Å². The van der Waals surface area contributed by atoms with Crippen molar-refractivity contribution in [3.8, 4) is 0 Å². The molecule has 1 saturated carbocycles. The van der Waals surface area contributed by atoms with Crippen LogP contribution < -0.4 is 5.32 Å². The molecular formula is C14H29NOS. The molecule has 2 nitrogen and oxygen atoms in total. The third kappa shape index (κ3) is 4.06. The molecule has 17 heavy (non-hydrogen) atoms. The molecule has 0 amide bonds. The third-order valence-corrected chi connectivity index (χ3v) is 6.12. The molecule has 1 aliphatic carbocycles. The van der Waals surface area contributed by atoms with E-state index in [-0.39, 0.29) is 4.75 Å². The Kier molecular flexibility index (Phi) is 5.65. The topological polar surface area (TPSA) is 29.1 Å². The zero-order valence-corrected chi connectivity index (χ0v) is 12.9. The lowest BCUT2D eigenvalue weighted by Gasteiger charge is -2.38. The van der Waals surface area contributed by atoms with Crippen LogP contribution in [-0.2, 0) is 10.8 Å². The first-order valence-corrected chi connectivity index (χ1v) is 8.19. The van der Waals surface area contributed by atoms with Gasteiger partial charge >= 0.3 is 0 Å². The maximum atomic E-state index is 12.6. The van der Waals surface area contributed by atoms with Crippen LogP contribution in [-0.4, -0.2) is 27.3 Å². The van der Waals surface area contributed by atoms with Gasteiger partial charge in [0.1, 0.15) is 0 Å². The number of hydrogen-bond donors (Lipinski definition) is 1. The van der Waals surface area contributed by atoms with Crippen LogP contribution in [0.2, 0.25) is 0 Å². The van der Waals surface area contributed by atoms with Crippen LogP contribution in [0.5, 0.6) is 0 Å². The molecule has 0 radical (unpaired) electrons. The Hall–Kier alpha value is 0.110.